The summed E-state index contributed by atoms with van der Waals surface area (Å²) in [7, 11) is -0.981. The van der Waals surface area contributed by atoms with Crippen LogP contribution in [0.2, 0.25) is 19.6 Å². The molecule has 4 rings (SSSR count). The molecule has 0 saturated carbocycles. The van der Waals surface area contributed by atoms with Crippen LogP contribution in [-0.4, -0.2) is 8.07 Å². The largest absolute Gasteiger partial charge is 4.00 e. The second kappa shape index (κ2) is 14.2. The van der Waals surface area contributed by atoms with Gasteiger partial charge in [-0.2, -0.15) is 42.0 Å². The van der Waals surface area contributed by atoms with E-state index in [1.807, 2.05) is 0 Å². The molecule has 0 saturated heterocycles. The molecule has 0 amide bonds. The van der Waals surface area contributed by atoms with Crippen molar-refractivity contribution in [2.75, 3.05) is 0 Å². The molecule has 0 bridgehead atoms. The third-order valence-corrected chi connectivity index (χ3v) is 8.06. The number of hydrogen-bond acceptors (Lipinski definition) is 0. The standard InChI is InChI=1S/C21H25.C8H13Si.C2H4.2ClH.Hf/c1-20(2,3)16-7-9-18-14(12-16)11-15-13-17(21(4,5)6)8-10-19(15)18;1-9(2,3)8-6-4-5-7-8;1-2;;;/h7-10,12H,11H2,1-6H3;4-7H,1-3H3;1-2H2;2*1H;/q2*-1;;;;+4/p-2. The van der Waals surface area contributed by atoms with Gasteiger partial charge in [-0.15, -0.1) is 24.3 Å². The van der Waals surface area contributed by atoms with Crippen LogP contribution < -0.4 is 30.0 Å². The summed E-state index contributed by atoms with van der Waals surface area (Å²) in [5.41, 5.74) is 8.70. The van der Waals surface area contributed by atoms with Crippen LogP contribution in [0.15, 0.2) is 67.8 Å². The van der Waals surface area contributed by atoms with E-state index in [-0.39, 0.29) is 61.5 Å². The summed E-state index contributed by atoms with van der Waals surface area (Å²) in [6.45, 7) is 26.7. The van der Waals surface area contributed by atoms with Gasteiger partial charge in [-0.05, 0) is 28.4 Å². The van der Waals surface area contributed by atoms with Crippen molar-refractivity contribution in [1.29, 1.82) is 0 Å². The summed E-state index contributed by atoms with van der Waals surface area (Å²) in [6.07, 6.45) is 1.03. The Kier molecular flexibility index (Phi) is 14.8. The predicted molar refractivity (Wildman–Crippen MR) is 147 cm³/mol. The van der Waals surface area contributed by atoms with Gasteiger partial charge in [-0.1, -0.05) is 84.9 Å². The van der Waals surface area contributed by atoms with E-state index in [0.717, 1.165) is 6.42 Å². The molecule has 3 aromatic carbocycles. The van der Waals surface area contributed by atoms with Crippen LogP contribution in [0.4, 0.5) is 0 Å². The average molecular weight is 692 g/mol. The van der Waals surface area contributed by atoms with Crippen molar-refractivity contribution in [3.63, 3.8) is 0 Å². The third-order valence-electron chi connectivity index (χ3n) is 5.99. The first-order valence-corrected chi connectivity index (χ1v) is 15.2. The molecule has 188 valence electrons. The summed E-state index contributed by atoms with van der Waals surface area (Å²) in [4.78, 5) is 0. The molecule has 0 unspecified atom stereocenters. The number of rotatable bonds is 1. The number of halogens is 2. The van der Waals surface area contributed by atoms with Crippen LogP contribution in [0.5, 0.6) is 0 Å². The molecule has 3 aromatic rings. The predicted octanol–water partition coefficient (Wildman–Crippen LogP) is 2.41. The minimum absolute atomic E-state index is 0. The van der Waals surface area contributed by atoms with Crippen LogP contribution >= 0.6 is 0 Å². The fraction of sp³-hybridized carbons (Fsp3) is 0.387. The zero-order chi connectivity index (χ0) is 24.3. The molecule has 0 radical (unpaired) electrons. The smallest absolute Gasteiger partial charge is 1.00 e. The van der Waals surface area contributed by atoms with E-state index in [0.29, 0.717) is 0 Å². The first-order chi connectivity index (χ1) is 14.8. The van der Waals surface area contributed by atoms with E-state index in [2.05, 4.69) is 135 Å². The topological polar surface area (TPSA) is 0 Å². The van der Waals surface area contributed by atoms with Crippen molar-refractivity contribution in [3.8, 4) is 11.1 Å². The molecule has 0 fully saturated rings. The summed E-state index contributed by atoms with van der Waals surface area (Å²) in [5.74, 6) is 0. The Morgan fingerprint density at radius 3 is 1.83 bits per heavy atom. The van der Waals surface area contributed by atoms with Gasteiger partial charge in [0.15, 0.2) is 0 Å². The maximum Gasteiger partial charge on any atom is 4.00 e. The minimum atomic E-state index is -0.981. The average Bonchev–Trinajstić information content (AvgIpc) is 3.35. The summed E-state index contributed by atoms with van der Waals surface area (Å²) < 4.78 is 0. The van der Waals surface area contributed by atoms with Gasteiger partial charge in [-0.25, -0.2) is 11.3 Å². The van der Waals surface area contributed by atoms with E-state index < -0.39 is 8.07 Å². The molecule has 1 aliphatic carbocycles. The van der Waals surface area contributed by atoms with Crippen molar-refractivity contribution in [2.45, 2.75) is 78.4 Å². The Bertz CT molecular complexity index is 972. The van der Waals surface area contributed by atoms with E-state index >= 15 is 0 Å². The van der Waals surface area contributed by atoms with Crippen LogP contribution in [0, 0.1) is 6.07 Å². The molecule has 0 heterocycles. The maximum absolute atomic E-state index is 3.67. The van der Waals surface area contributed by atoms with Gasteiger partial charge in [0.1, 0.15) is 0 Å². The molecule has 0 spiro atoms. The summed E-state index contributed by atoms with van der Waals surface area (Å²) >= 11 is 0. The number of hydrogen-bond donors (Lipinski definition) is 0. The molecule has 1 aliphatic rings. The fourth-order valence-corrected chi connectivity index (χ4v) is 5.09. The quantitative estimate of drug-likeness (QED) is 0.164. The van der Waals surface area contributed by atoms with Gasteiger partial charge in [0.05, 0.1) is 0 Å². The molecule has 0 aromatic heterocycles. The molecule has 0 aliphatic heterocycles. The molecule has 0 nitrogen and oxygen atoms in total. The molecular formula is C31H42Cl2HfSi. The second-order valence-corrected chi connectivity index (χ2v) is 16.8. The molecule has 35 heavy (non-hydrogen) atoms. The number of benzene rings is 2. The first-order valence-electron chi connectivity index (χ1n) is 11.7. The monoisotopic (exact) mass is 692 g/mol. The van der Waals surface area contributed by atoms with E-state index in [1.165, 1.54) is 33.4 Å². The van der Waals surface area contributed by atoms with Gasteiger partial charge in [0, 0.05) is 8.07 Å². The normalized spacial score (nSPS) is 11.6. The van der Waals surface area contributed by atoms with Crippen LogP contribution in [0.25, 0.3) is 11.1 Å². The molecule has 0 N–H and O–H groups in total. The zero-order valence-corrected chi connectivity index (χ0v) is 29.2. The van der Waals surface area contributed by atoms with Gasteiger partial charge in [0.25, 0.3) is 0 Å². The Morgan fingerprint density at radius 2 is 1.40 bits per heavy atom. The minimum Gasteiger partial charge on any atom is -1.00 e. The molecular weight excluding hydrogens is 650 g/mol. The van der Waals surface area contributed by atoms with Crippen LogP contribution in [0.1, 0.15) is 63.8 Å². The van der Waals surface area contributed by atoms with Crippen LogP contribution in [-0.2, 0) is 43.1 Å². The summed E-state index contributed by atoms with van der Waals surface area (Å²) in [6, 6.07) is 23.9. The zero-order valence-electron chi connectivity index (χ0n) is 23.1. The summed E-state index contributed by atoms with van der Waals surface area (Å²) in [5, 5.41) is 1.56. The van der Waals surface area contributed by atoms with Gasteiger partial charge in [0.2, 0.25) is 0 Å². The van der Waals surface area contributed by atoms with Gasteiger partial charge in [-0.3, -0.25) is 0 Å². The fourth-order valence-electron chi connectivity index (χ4n) is 3.90. The Labute approximate surface area is 248 Å². The van der Waals surface area contributed by atoms with Gasteiger partial charge >= 0.3 is 25.8 Å². The molecule has 4 heteroatoms. The van der Waals surface area contributed by atoms with Crippen molar-refractivity contribution in [1.82, 2.24) is 0 Å². The van der Waals surface area contributed by atoms with Crippen molar-refractivity contribution < 1.29 is 50.7 Å². The first kappa shape index (κ1) is 36.4. The molecule has 0 atom stereocenters. The van der Waals surface area contributed by atoms with Crippen LogP contribution in [0.3, 0.4) is 0 Å². The van der Waals surface area contributed by atoms with Gasteiger partial charge < -0.3 is 24.8 Å². The Balaban J connectivity index is 0. The van der Waals surface area contributed by atoms with Crippen molar-refractivity contribution in [3.05, 3.63) is 96.1 Å². The van der Waals surface area contributed by atoms with E-state index in [1.54, 1.807) is 5.19 Å². The SMILES string of the molecule is C=C.CC(C)(C)c1[c-]c2c(cc1)-c1ccc(C(C)(C)C)cc1C2.C[Si](C)(C)c1cc[cH-]c1.[Cl-].[Cl-].[Hf+4]. The van der Waals surface area contributed by atoms with E-state index in [9.17, 15) is 0 Å². The maximum atomic E-state index is 3.67. The van der Waals surface area contributed by atoms with Crippen molar-refractivity contribution >= 4 is 13.3 Å². The Morgan fingerprint density at radius 1 is 0.829 bits per heavy atom. The van der Waals surface area contributed by atoms with Crippen molar-refractivity contribution in [2.24, 2.45) is 0 Å². The number of fused-ring (bicyclic) bond motifs is 3. The Hall–Kier alpha value is -0.803. The second-order valence-electron chi connectivity index (χ2n) is 11.7. The van der Waals surface area contributed by atoms with E-state index in [4.69, 9.17) is 0 Å². The third kappa shape index (κ3) is 9.54.